The van der Waals surface area contributed by atoms with Crippen molar-refractivity contribution >= 4 is 38.9 Å². The summed E-state index contributed by atoms with van der Waals surface area (Å²) >= 11 is 11.9. The van der Waals surface area contributed by atoms with Crippen molar-refractivity contribution in [2.75, 3.05) is 18.9 Å². The minimum atomic E-state index is -3.82. The minimum absolute atomic E-state index is 0.0439. The van der Waals surface area contributed by atoms with Crippen LogP contribution in [-0.4, -0.2) is 32.4 Å². The van der Waals surface area contributed by atoms with Crippen molar-refractivity contribution in [3.63, 3.8) is 0 Å². The normalized spacial score (nSPS) is 11.3. The Morgan fingerprint density at radius 2 is 1.79 bits per heavy atom. The van der Waals surface area contributed by atoms with Crippen LogP contribution in [0.15, 0.2) is 53.7 Å². The van der Waals surface area contributed by atoms with E-state index >= 15 is 0 Å². The van der Waals surface area contributed by atoms with Gasteiger partial charge in [0, 0.05) is 12.3 Å². The quantitative estimate of drug-likeness (QED) is 0.597. The molecule has 0 fully saturated rings. The van der Waals surface area contributed by atoms with E-state index < -0.39 is 10.0 Å². The summed E-state index contributed by atoms with van der Waals surface area (Å²) in [6.07, 6.45) is 3.01. The van der Waals surface area contributed by atoms with Crippen molar-refractivity contribution in [3.05, 3.63) is 64.4 Å². The number of nitrogens with one attached hydrogen (secondary N) is 1. The Bertz CT molecular complexity index is 1100. The van der Waals surface area contributed by atoms with E-state index in [2.05, 4.69) is 9.82 Å². The summed E-state index contributed by atoms with van der Waals surface area (Å²) in [7, 11) is -0.902. The standard InChI is InChI=1S/C18H17Cl2N3O4S/c1-26-17-6-4-14(8-18(17)27-2)28(24,25)22-13-9-21-23(11-13)10-12-3-5-15(19)16(20)7-12/h3-9,11,22H,10H2,1-2H3. The van der Waals surface area contributed by atoms with Crippen LogP contribution in [-0.2, 0) is 16.6 Å². The molecular formula is C18H17Cl2N3O4S. The van der Waals surface area contributed by atoms with E-state index in [-0.39, 0.29) is 4.90 Å². The second kappa shape index (κ2) is 8.30. The Kier molecular flexibility index (Phi) is 6.02. The van der Waals surface area contributed by atoms with Crippen molar-refractivity contribution < 1.29 is 17.9 Å². The van der Waals surface area contributed by atoms with Gasteiger partial charge in [0.15, 0.2) is 11.5 Å². The lowest BCUT2D eigenvalue weighted by Crippen LogP contribution is -2.12. The van der Waals surface area contributed by atoms with E-state index in [4.69, 9.17) is 32.7 Å². The SMILES string of the molecule is COc1ccc(S(=O)(=O)Nc2cnn(Cc3ccc(Cl)c(Cl)c3)c2)cc1OC. The molecule has 148 valence electrons. The molecule has 0 atom stereocenters. The van der Waals surface area contributed by atoms with Crippen LogP contribution in [0, 0.1) is 0 Å². The second-order valence-electron chi connectivity index (χ2n) is 5.80. The zero-order valence-electron chi connectivity index (χ0n) is 15.0. The van der Waals surface area contributed by atoms with Crippen LogP contribution in [0.25, 0.3) is 0 Å². The molecule has 0 aliphatic heterocycles. The van der Waals surface area contributed by atoms with Gasteiger partial charge < -0.3 is 9.47 Å². The third-order valence-corrected chi connectivity index (χ3v) is 6.00. The van der Waals surface area contributed by atoms with Crippen LogP contribution in [0.3, 0.4) is 0 Å². The van der Waals surface area contributed by atoms with Gasteiger partial charge in [0.2, 0.25) is 0 Å². The Labute approximate surface area is 172 Å². The van der Waals surface area contributed by atoms with Crippen LogP contribution in [0.5, 0.6) is 11.5 Å². The fourth-order valence-electron chi connectivity index (χ4n) is 2.53. The van der Waals surface area contributed by atoms with Crippen LogP contribution < -0.4 is 14.2 Å². The zero-order valence-corrected chi connectivity index (χ0v) is 17.3. The zero-order chi connectivity index (χ0) is 20.3. The number of hydrogen-bond acceptors (Lipinski definition) is 5. The Hall–Kier alpha value is -2.42. The number of halogens is 2. The maximum absolute atomic E-state index is 12.6. The third-order valence-electron chi connectivity index (χ3n) is 3.88. The molecule has 28 heavy (non-hydrogen) atoms. The first-order valence-electron chi connectivity index (χ1n) is 8.03. The molecule has 0 aliphatic rings. The molecule has 7 nitrogen and oxygen atoms in total. The first-order chi connectivity index (χ1) is 13.3. The number of methoxy groups -OCH3 is 2. The molecule has 1 N–H and O–H groups in total. The average molecular weight is 442 g/mol. The monoisotopic (exact) mass is 441 g/mol. The first-order valence-corrected chi connectivity index (χ1v) is 10.3. The lowest BCUT2D eigenvalue weighted by Gasteiger charge is -2.10. The van der Waals surface area contributed by atoms with E-state index in [9.17, 15) is 8.42 Å². The Morgan fingerprint density at radius 1 is 1.04 bits per heavy atom. The fraction of sp³-hybridized carbons (Fsp3) is 0.167. The van der Waals surface area contributed by atoms with Crippen molar-refractivity contribution in [1.29, 1.82) is 0 Å². The van der Waals surface area contributed by atoms with E-state index in [1.165, 1.54) is 38.6 Å². The lowest BCUT2D eigenvalue weighted by molar-refractivity contribution is 0.354. The molecule has 3 rings (SSSR count). The first kappa shape index (κ1) is 20.3. The molecule has 1 heterocycles. The highest BCUT2D eigenvalue weighted by atomic mass is 35.5. The molecule has 0 bridgehead atoms. The average Bonchev–Trinajstić information content (AvgIpc) is 3.10. The molecule has 3 aromatic rings. The molecule has 0 radical (unpaired) electrons. The van der Waals surface area contributed by atoms with E-state index in [0.29, 0.717) is 33.8 Å². The van der Waals surface area contributed by atoms with Gasteiger partial charge in [0.25, 0.3) is 10.0 Å². The van der Waals surface area contributed by atoms with Crippen molar-refractivity contribution in [1.82, 2.24) is 9.78 Å². The number of ether oxygens (including phenoxy) is 2. The number of anilines is 1. The highest BCUT2D eigenvalue weighted by molar-refractivity contribution is 7.92. The molecule has 0 amide bonds. The van der Waals surface area contributed by atoms with Gasteiger partial charge in [-0.25, -0.2) is 8.42 Å². The lowest BCUT2D eigenvalue weighted by atomic mass is 10.2. The van der Waals surface area contributed by atoms with Crippen LogP contribution in [0.2, 0.25) is 10.0 Å². The predicted octanol–water partition coefficient (Wildman–Crippen LogP) is 4.06. The van der Waals surface area contributed by atoms with Crippen molar-refractivity contribution in [2.24, 2.45) is 0 Å². The van der Waals surface area contributed by atoms with Crippen molar-refractivity contribution in [2.45, 2.75) is 11.4 Å². The molecular weight excluding hydrogens is 425 g/mol. The molecule has 0 spiro atoms. The Balaban J connectivity index is 1.77. The summed E-state index contributed by atoms with van der Waals surface area (Å²) in [5, 5.41) is 5.08. The predicted molar refractivity (Wildman–Crippen MR) is 108 cm³/mol. The van der Waals surface area contributed by atoms with E-state index in [0.717, 1.165) is 5.56 Å². The maximum atomic E-state index is 12.6. The van der Waals surface area contributed by atoms with E-state index in [1.807, 2.05) is 6.07 Å². The number of rotatable bonds is 7. The summed E-state index contributed by atoms with van der Waals surface area (Å²) in [4.78, 5) is 0.0439. The van der Waals surface area contributed by atoms with Gasteiger partial charge in [-0.15, -0.1) is 0 Å². The molecule has 0 aliphatic carbocycles. The maximum Gasteiger partial charge on any atom is 0.262 e. The van der Waals surface area contributed by atoms with Crippen LogP contribution in [0.4, 0.5) is 5.69 Å². The molecule has 10 heteroatoms. The smallest absolute Gasteiger partial charge is 0.262 e. The number of hydrogen-bond donors (Lipinski definition) is 1. The molecule has 0 saturated carbocycles. The van der Waals surface area contributed by atoms with Gasteiger partial charge in [-0.3, -0.25) is 9.40 Å². The highest BCUT2D eigenvalue weighted by Crippen LogP contribution is 2.30. The minimum Gasteiger partial charge on any atom is -0.493 e. The van der Waals surface area contributed by atoms with Crippen LogP contribution in [0.1, 0.15) is 5.56 Å². The van der Waals surface area contributed by atoms with Gasteiger partial charge >= 0.3 is 0 Å². The Morgan fingerprint density at radius 3 is 2.46 bits per heavy atom. The molecule has 2 aromatic carbocycles. The summed E-state index contributed by atoms with van der Waals surface area (Å²) in [5.74, 6) is 0.761. The van der Waals surface area contributed by atoms with Crippen molar-refractivity contribution in [3.8, 4) is 11.5 Å². The van der Waals surface area contributed by atoms with Gasteiger partial charge in [-0.1, -0.05) is 29.3 Å². The number of aromatic nitrogens is 2. The van der Waals surface area contributed by atoms with Gasteiger partial charge in [0.1, 0.15) is 0 Å². The number of nitrogens with zero attached hydrogens (tertiary/aromatic N) is 2. The summed E-state index contributed by atoms with van der Waals surface area (Å²) in [5.41, 5.74) is 1.21. The topological polar surface area (TPSA) is 82.5 Å². The highest BCUT2D eigenvalue weighted by Gasteiger charge is 2.18. The van der Waals surface area contributed by atoms with Gasteiger partial charge in [-0.05, 0) is 29.8 Å². The summed E-state index contributed by atoms with van der Waals surface area (Å²) in [6.45, 7) is 0.412. The van der Waals surface area contributed by atoms with Gasteiger partial charge in [0.05, 0.1) is 47.6 Å². The fourth-order valence-corrected chi connectivity index (χ4v) is 3.89. The summed E-state index contributed by atoms with van der Waals surface area (Å²) < 4.78 is 39.7. The molecule has 0 unspecified atom stereocenters. The molecule has 0 saturated heterocycles. The third kappa shape index (κ3) is 4.52. The van der Waals surface area contributed by atoms with Gasteiger partial charge in [-0.2, -0.15) is 5.10 Å². The number of sulfonamides is 1. The second-order valence-corrected chi connectivity index (χ2v) is 8.29. The number of benzene rings is 2. The van der Waals surface area contributed by atoms with Crippen LogP contribution >= 0.6 is 23.2 Å². The molecule has 1 aromatic heterocycles. The largest absolute Gasteiger partial charge is 0.493 e. The summed E-state index contributed by atoms with van der Waals surface area (Å²) in [6, 6.07) is 9.61. The van der Waals surface area contributed by atoms with E-state index in [1.54, 1.807) is 23.0 Å².